The van der Waals surface area contributed by atoms with E-state index >= 15 is 0 Å². The molecule has 12 heteroatoms. The maximum atomic E-state index is 13.1. The highest BCUT2D eigenvalue weighted by Crippen LogP contribution is 2.28. The van der Waals surface area contributed by atoms with Gasteiger partial charge in [-0.25, -0.2) is 4.52 Å². The van der Waals surface area contributed by atoms with Crippen LogP contribution < -0.4 is 10.6 Å². The molecule has 0 radical (unpaired) electrons. The van der Waals surface area contributed by atoms with Gasteiger partial charge in [0.1, 0.15) is 0 Å². The first-order valence-corrected chi connectivity index (χ1v) is 12.6. The number of carbonyl (C=O) groups is 2. The van der Waals surface area contributed by atoms with E-state index in [1.807, 2.05) is 12.1 Å². The van der Waals surface area contributed by atoms with E-state index in [-0.39, 0.29) is 23.7 Å². The first-order valence-electron chi connectivity index (χ1n) is 12.6. The Labute approximate surface area is 219 Å². The van der Waals surface area contributed by atoms with E-state index in [1.165, 1.54) is 4.52 Å². The molecule has 38 heavy (non-hydrogen) atoms. The molecular formula is C26H31N9O3. The lowest BCUT2D eigenvalue weighted by Gasteiger charge is -2.30. The second-order valence-corrected chi connectivity index (χ2v) is 10.1. The summed E-state index contributed by atoms with van der Waals surface area (Å²) in [5, 5.41) is 27.4. The van der Waals surface area contributed by atoms with E-state index in [4.69, 9.17) is 5.11 Å². The summed E-state index contributed by atoms with van der Waals surface area (Å²) in [5.41, 5.74) is 3.80. The van der Waals surface area contributed by atoms with Crippen molar-refractivity contribution in [3.05, 3.63) is 54.2 Å². The molecule has 1 aliphatic heterocycles. The number of likely N-dealkylation sites (tertiary alicyclic amines) is 1. The Hall–Kier alpha value is -4.16. The van der Waals surface area contributed by atoms with E-state index in [9.17, 15) is 9.59 Å². The number of carbonyl (C=O) groups excluding carboxylic acids is 2. The largest absolute Gasteiger partial charge is 0.394 e. The van der Waals surface area contributed by atoms with Crippen LogP contribution in [0.3, 0.4) is 0 Å². The molecule has 0 spiro atoms. The van der Waals surface area contributed by atoms with Crippen LogP contribution in [0.4, 0.5) is 11.4 Å². The predicted octanol–water partition coefficient (Wildman–Crippen LogP) is 2.35. The highest BCUT2D eigenvalue weighted by atomic mass is 16.3. The lowest BCUT2D eigenvalue weighted by Crippen LogP contribution is -2.42. The third-order valence-electron chi connectivity index (χ3n) is 6.92. The quantitative estimate of drug-likeness (QED) is 0.323. The highest BCUT2D eigenvalue weighted by Gasteiger charge is 2.32. The summed E-state index contributed by atoms with van der Waals surface area (Å²) in [5.74, 6) is -0.559. The van der Waals surface area contributed by atoms with Gasteiger partial charge < -0.3 is 15.7 Å². The molecule has 0 unspecified atom stereocenters. The molecule has 198 valence electrons. The standard InChI is InChI=1S/C26H31N9O3/c1-17-21(13-19(14-27-17)28-23(37)16-33-9-4-8-26(33,2)3)29-25(38)24-22-6-5-18(15-35(22)32-30-24)20-7-10-34(31-20)11-12-36/h5-7,10,13-15,36H,4,8-9,11-12,16H2,1-3H3,(H,28,37)(H,29,38). The fourth-order valence-electron chi connectivity index (χ4n) is 4.69. The number of aryl methyl sites for hydroxylation is 1. The van der Waals surface area contributed by atoms with Crippen molar-refractivity contribution in [1.29, 1.82) is 0 Å². The number of hydrogen-bond donors (Lipinski definition) is 3. The normalized spacial score (nSPS) is 15.2. The minimum atomic E-state index is -0.438. The van der Waals surface area contributed by atoms with Crippen molar-refractivity contribution in [2.75, 3.05) is 30.3 Å². The molecule has 1 fully saturated rings. The van der Waals surface area contributed by atoms with Gasteiger partial charge in [0.25, 0.3) is 5.91 Å². The van der Waals surface area contributed by atoms with Crippen LogP contribution >= 0.6 is 0 Å². The molecular weight excluding hydrogens is 486 g/mol. The van der Waals surface area contributed by atoms with Gasteiger partial charge in [0.05, 0.1) is 54.2 Å². The molecule has 1 saturated heterocycles. The topological polar surface area (TPSA) is 143 Å². The molecule has 0 aliphatic carbocycles. The second kappa shape index (κ2) is 10.3. The Morgan fingerprint density at radius 2 is 2.03 bits per heavy atom. The number of aliphatic hydroxyl groups excluding tert-OH is 1. The second-order valence-electron chi connectivity index (χ2n) is 10.1. The van der Waals surface area contributed by atoms with Crippen molar-refractivity contribution in [1.82, 2.24) is 34.5 Å². The van der Waals surface area contributed by atoms with Gasteiger partial charge in [0.15, 0.2) is 5.69 Å². The number of pyridine rings is 2. The van der Waals surface area contributed by atoms with E-state index in [0.717, 1.165) is 30.6 Å². The molecule has 0 aromatic carbocycles. The van der Waals surface area contributed by atoms with Gasteiger partial charge in [-0.3, -0.25) is 24.2 Å². The van der Waals surface area contributed by atoms with Gasteiger partial charge in [-0.2, -0.15) is 5.10 Å². The van der Waals surface area contributed by atoms with Crippen LogP contribution in [0, 0.1) is 6.92 Å². The summed E-state index contributed by atoms with van der Waals surface area (Å²) in [6.45, 7) is 7.69. The third kappa shape index (κ3) is 5.27. The summed E-state index contributed by atoms with van der Waals surface area (Å²) >= 11 is 0. The van der Waals surface area contributed by atoms with Crippen molar-refractivity contribution in [3.63, 3.8) is 0 Å². The number of hydrogen-bond acceptors (Lipinski definition) is 8. The maximum Gasteiger partial charge on any atom is 0.278 e. The van der Waals surface area contributed by atoms with E-state index in [1.54, 1.807) is 42.3 Å². The molecule has 4 aromatic rings. The molecule has 12 nitrogen and oxygen atoms in total. The van der Waals surface area contributed by atoms with Crippen LogP contribution in [0.15, 0.2) is 42.9 Å². The van der Waals surface area contributed by atoms with E-state index < -0.39 is 5.91 Å². The number of rotatable bonds is 8. The number of anilines is 2. The van der Waals surface area contributed by atoms with Crippen molar-refractivity contribution in [2.45, 2.75) is 45.7 Å². The first-order chi connectivity index (χ1) is 18.2. The fourth-order valence-corrected chi connectivity index (χ4v) is 4.69. The Bertz CT molecular complexity index is 1490. The van der Waals surface area contributed by atoms with Crippen molar-refractivity contribution in [3.8, 4) is 11.3 Å². The number of aliphatic hydroxyl groups is 1. The van der Waals surface area contributed by atoms with E-state index in [0.29, 0.717) is 35.7 Å². The van der Waals surface area contributed by atoms with Gasteiger partial charge in [0, 0.05) is 23.5 Å². The number of amides is 2. The van der Waals surface area contributed by atoms with Crippen LogP contribution in [0.25, 0.3) is 16.8 Å². The number of nitrogens with zero attached hydrogens (tertiary/aromatic N) is 7. The number of aromatic nitrogens is 6. The molecule has 0 atom stereocenters. The Morgan fingerprint density at radius 3 is 2.79 bits per heavy atom. The average molecular weight is 518 g/mol. The fraction of sp³-hybridized carbons (Fsp3) is 0.385. The number of fused-ring (bicyclic) bond motifs is 1. The minimum absolute atomic E-state index is 0.00290. The lowest BCUT2D eigenvalue weighted by molar-refractivity contribution is -0.118. The Balaban J connectivity index is 1.29. The summed E-state index contributed by atoms with van der Waals surface area (Å²) in [6.07, 6.45) is 7.26. The smallest absolute Gasteiger partial charge is 0.278 e. The third-order valence-corrected chi connectivity index (χ3v) is 6.92. The van der Waals surface area contributed by atoms with Crippen LogP contribution in [0.2, 0.25) is 0 Å². The van der Waals surface area contributed by atoms with Gasteiger partial charge in [0.2, 0.25) is 5.91 Å². The number of nitrogens with one attached hydrogen (secondary N) is 2. The molecule has 3 N–H and O–H groups in total. The van der Waals surface area contributed by atoms with Crippen molar-refractivity contribution >= 4 is 28.7 Å². The van der Waals surface area contributed by atoms with Gasteiger partial charge >= 0.3 is 0 Å². The molecule has 1 aliphatic rings. The zero-order valence-corrected chi connectivity index (χ0v) is 21.7. The summed E-state index contributed by atoms with van der Waals surface area (Å²) in [6, 6.07) is 7.14. The van der Waals surface area contributed by atoms with Gasteiger partial charge in [-0.15, -0.1) is 5.10 Å². The Morgan fingerprint density at radius 1 is 1.18 bits per heavy atom. The summed E-state index contributed by atoms with van der Waals surface area (Å²) in [7, 11) is 0. The monoisotopic (exact) mass is 517 g/mol. The van der Waals surface area contributed by atoms with Crippen LogP contribution in [-0.4, -0.2) is 76.6 Å². The maximum absolute atomic E-state index is 13.1. The lowest BCUT2D eigenvalue weighted by atomic mass is 10.0. The summed E-state index contributed by atoms with van der Waals surface area (Å²) < 4.78 is 3.18. The van der Waals surface area contributed by atoms with Crippen molar-refractivity contribution < 1.29 is 14.7 Å². The van der Waals surface area contributed by atoms with Crippen LogP contribution in [-0.2, 0) is 11.3 Å². The minimum Gasteiger partial charge on any atom is -0.394 e. The first kappa shape index (κ1) is 25.5. The molecule has 5 heterocycles. The van der Waals surface area contributed by atoms with Crippen LogP contribution in [0.5, 0.6) is 0 Å². The van der Waals surface area contributed by atoms with E-state index in [2.05, 4.69) is 49.8 Å². The average Bonchev–Trinajstić information content (AvgIpc) is 3.60. The van der Waals surface area contributed by atoms with Crippen LogP contribution in [0.1, 0.15) is 42.9 Å². The highest BCUT2D eigenvalue weighted by molar-refractivity contribution is 6.08. The molecule has 0 bridgehead atoms. The molecule has 2 amide bonds. The SMILES string of the molecule is Cc1ncc(NC(=O)CN2CCCC2(C)C)cc1NC(=O)c1nnn2cc(-c3ccn(CCO)n3)ccc12. The Kier molecular flexibility index (Phi) is 6.91. The van der Waals surface area contributed by atoms with Crippen molar-refractivity contribution in [2.24, 2.45) is 0 Å². The zero-order chi connectivity index (χ0) is 26.9. The molecule has 0 saturated carbocycles. The molecule has 4 aromatic heterocycles. The molecule has 5 rings (SSSR count). The predicted molar refractivity (Wildman–Crippen MR) is 142 cm³/mol. The van der Waals surface area contributed by atoms with Gasteiger partial charge in [-0.05, 0) is 64.4 Å². The van der Waals surface area contributed by atoms with Gasteiger partial charge in [-0.1, -0.05) is 5.21 Å². The summed E-state index contributed by atoms with van der Waals surface area (Å²) in [4.78, 5) is 32.3. The zero-order valence-electron chi connectivity index (χ0n) is 21.7.